The molecule has 1 amide bonds. The minimum absolute atomic E-state index is 0.0903. The number of hydrogen-bond donors (Lipinski definition) is 1. The van der Waals surface area contributed by atoms with Gasteiger partial charge in [0.2, 0.25) is 10.0 Å². The molecule has 1 unspecified atom stereocenters. The first-order chi connectivity index (χ1) is 9.42. The Bertz CT molecular complexity index is 550. The number of carbonyl (C=O) groups is 2. The number of sulfonamides is 1. The number of hydrogen-bond acceptors (Lipinski definition) is 6. The summed E-state index contributed by atoms with van der Waals surface area (Å²) in [5.74, 6) is -1.57. The van der Waals surface area contributed by atoms with E-state index in [9.17, 15) is 18.0 Å². The molecule has 1 atom stereocenters. The predicted octanol–water partition coefficient (Wildman–Crippen LogP) is 1.54. The quantitative estimate of drug-likeness (QED) is 0.770. The van der Waals surface area contributed by atoms with E-state index < -0.39 is 27.1 Å². The summed E-state index contributed by atoms with van der Waals surface area (Å²) in [5.41, 5.74) is 0.248. The van der Waals surface area contributed by atoms with Gasteiger partial charge in [-0.2, -0.15) is 11.3 Å². The largest absolute Gasteiger partial charge is 0.465 e. The average Bonchev–Trinajstić information content (AvgIpc) is 2.89. The van der Waals surface area contributed by atoms with Crippen LogP contribution in [0, 0.1) is 0 Å². The molecule has 0 aliphatic carbocycles. The van der Waals surface area contributed by atoms with Crippen LogP contribution in [0.15, 0.2) is 16.8 Å². The van der Waals surface area contributed by atoms with Crippen LogP contribution in [-0.2, 0) is 19.6 Å². The van der Waals surface area contributed by atoms with Crippen LogP contribution in [0.25, 0.3) is 0 Å². The van der Waals surface area contributed by atoms with E-state index in [0.717, 1.165) is 0 Å². The molecule has 1 aromatic heterocycles. The Morgan fingerprint density at radius 1 is 1.40 bits per heavy atom. The molecule has 0 bridgehead atoms. The molecule has 0 radical (unpaired) electrons. The second-order valence-corrected chi connectivity index (χ2v) is 6.66. The van der Waals surface area contributed by atoms with E-state index in [1.165, 1.54) is 22.8 Å². The molecule has 8 heteroatoms. The molecule has 0 aliphatic rings. The van der Waals surface area contributed by atoms with Crippen molar-refractivity contribution < 1.29 is 22.7 Å². The van der Waals surface area contributed by atoms with Crippen LogP contribution >= 0.6 is 11.3 Å². The van der Waals surface area contributed by atoms with E-state index in [1.54, 1.807) is 19.2 Å². The van der Waals surface area contributed by atoms with Gasteiger partial charge in [-0.05, 0) is 24.8 Å². The summed E-state index contributed by atoms with van der Waals surface area (Å²) in [5, 5.41) is 1.83. The van der Waals surface area contributed by atoms with Crippen LogP contribution < -0.4 is 4.72 Å². The Morgan fingerprint density at radius 3 is 2.60 bits per heavy atom. The maximum Gasteiger partial charge on any atom is 0.326 e. The lowest BCUT2D eigenvalue weighted by molar-refractivity contribution is -0.142. The highest BCUT2D eigenvalue weighted by molar-refractivity contribution is 7.91. The third-order valence-corrected chi connectivity index (χ3v) is 4.82. The first-order valence-electron chi connectivity index (χ1n) is 6.17. The van der Waals surface area contributed by atoms with Crippen LogP contribution in [0.3, 0.4) is 0 Å². The van der Waals surface area contributed by atoms with Crippen molar-refractivity contribution in [3.8, 4) is 0 Å². The topological polar surface area (TPSA) is 89.5 Å². The zero-order valence-corrected chi connectivity index (χ0v) is 12.9. The number of carbonyl (C=O) groups excluding carboxylic acids is 2. The monoisotopic (exact) mass is 319 g/mol. The van der Waals surface area contributed by atoms with E-state index in [2.05, 4.69) is 0 Å². The highest BCUT2D eigenvalue weighted by Crippen LogP contribution is 2.12. The minimum atomic E-state index is -4.10. The highest BCUT2D eigenvalue weighted by Gasteiger charge is 2.34. The van der Waals surface area contributed by atoms with Gasteiger partial charge in [-0.15, -0.1) is 0 Å². The zero-order valence-electron chi connectivity index (χ0n) is 11.3. The van der Waals surface area contributed by atoms with E-state index in [0.29, 0.717) is 6.42 Å². The molecule has 1 aromatic rings. The van der Waals surface area contributed by atoms with Gasteiger partial charge in [0.25, 0.3) is 5.91 Å². The normalized spacial score (nSPS) is 12.7. The molecule has 20 heavy (non-hydrogen) atoms. The fraction of sp³-hybridized carbons (Fsp3) is 0.500. The van der Waals surface area contributed by atoms with Crippen LogP contribution in [0.2, 0.25) is 0 Å². The first-order valence-corrected chi connectivity index (χ1v) is 8.66. The molecule has 0 aliphatic heterocycles. The van der Waals surface area contributed by atoms with Gasteiger partial charge >= 0.3 is 5.97 Å². The highest BCUT2D eigenvalue weighted by atomic mass is 32.2. The van der Waals surface area contributed by atoms with E-state index in [-0.39, 0.29) is 18.6 Å². The van der Waals surface area contributed by atoms with Crippen molar-refractivity contribution in [1.82, 2.24) is 4.72 Å². The van der Waals surface area contributed by atoms with Crippen molar-refractivity contribution >= 4 is 33.2 Å². The number of esters is 1. The molecular formula is C12H17NO5S2. The molecule has 1 heterocycles. The average molecular weight is 319 g/mol. The second kappa shape index (κ2) is 7.39. The molecule has 1 rings (SSSR count). The van der Waals surface area contributed by atoms with Crippen molar-refractivity contribution in [2.75, 3.05) is 6.61 Å². The lowest BCUT2D eigenvalue weighted by atomic mass is 10.2. The second-order valence-electron chi connectivity index (χ2n) is 4.02. The Balaban J connectivity index is 2.88. The summed E-state index contributed by atoms with van der Waals surface area (Å²) in [6.45, 7) is 3.44. The Morgan fingerprint density at radius 2 is 2.10 bits per heavy atom. The van der Waals surface area contributed by atoms with Crippen LogP contribution in [0.5, 0.6) is 0 Å². The van der Waals surface area contributed by atoms with Crippen molar-refractivity contribution in [2.45, 2.75) is 31.9 Å². The molecule has 0 aromatic carbocycles. The number of amides is 1. The fourth-order valence-electron chi connectivity index (χ4n) is 1.55. The number of rotatable bonds is 7. The van der Waals surface area contributed by atoms with Gasteiger partial charge in [-0.3, -0.25) is 9.59 Å². The summed E-state index contributed by atoms with van der Waals surface area (Å²) < 4.78 is 30.9. The summed E-state index contributed by atoms with van der Waals surface area (Å²) in [6.07, 6.45) is 0.585. The number of thiophene rings is 1. The van der Waals surface area contributed by atoms with Crippen molar-refractivity contribution in [3.63, 3.8) is 0 Å². The zero-order chi connectivity index (χ0) is 15.2. The van der Waals surface area contributed by atoms with E-state index >= 15 is 0 Å². The lowest BCUT2D eigenvalue weighted by Crippen LogP contribution is -2.43. The van der Waals surface area contributed by atoms with E-state index in [1.807, 2.05) is 4.72 Å². The summed E-state index contributed by atoms with van der Waals surface area (Å²) in [7, 11) is -4.10. The third kappa shape index (κ3) is 4.31. The van der Waals surface area contributed by atoms with Crippen molar-refractivity contribution in [2.24, 2.45) is 0 Å². The molecule has 6 nitrogen and oxygen atoms in total. The van der Waals surface area contributed by atoms with Gasteiger partial charge in [0, 0.05) is 5.38 Å². The Hall–Kier alpha value is -1.41. The Kier molecular flexibility index (Phi) is 6.15. The smallest absolute Gasteiger partial charge is 0.326 e. The molecule has 112 valence electrons. The summed E-state index contributed by atoms with van der Waals surface area (Å²) in [6, 6.07) is 1.51. The van der Waals surface area contributed by atoms with E-state index in [4.69, 9.17) is 4.74 Å². The molecular weight excluding hydrogens is 302 g/mol. The fourth-order valence-corrected chi connectivity index (χ4v) is 3.57. The standard InChI is InChI=1S/C12H17NO5S2/c1-3-5-10(12(15)18-4-2)20(16,17)13-11(14)9-6-7-19-8-9/h6-8,10H,3-5H2,1-2H3,(H,13,14). The molecule has 0 fully saturated rings. The molecule has 0 spiro atoms. The van der Waals surface area contributed by atoms with Gasteiger partial charge in [0.15, 0.2) is 5.25 Å². The molecule has 0 saturated carbocycles. The SMILES string of the molecule is CCCC(C(=O)OCC)S(=O)(=O)NC(=O)c1ccsc1. The lowest BCUT2D eigenvalue weighted by Gasteiger charge is -2.15. The third-order valence-electron chi connectivity index (χ3n) is 2.49. The minimum Gasteiger partial charge on any atom is -0.465 e. The van der Waals surface area contributed by atoms with Crippen molar-refractivity contribution in [1.29, 1.82) is 0 Å². The van der Waals surface area contributed by atoms with Crippen molar-refractivity contribution in [3.05, 3.63) is 22.4 Å². The molecule has 1 N–H and O–H groups in total. The molecule has 0 saturated heterocycles. The maximum atomic E-state index is 12.1. The first kappa shape index (κ1) is 16.6. The van der Waals surface area contributed by atoms with Gasteiger partial charge in [0.1, 0.15) is 0 Å². The number of ether oxygens (including phenoxy) is 1. The predicted molar refractivity (Wildman–Crippen MR) is 76.0 cm³/mol. The van der Waals surface area contributed by atoms with Crippen LogP contribution in [-0.4, -0.2) is 32.2 Å². The summed E-state index contributed by atoms with van der Waals surface area (Å²) in [4.78, 5) is 23.5. The van der Waals surface area contributed by atoms with Gasteiger partial charge < -0.3 is 4.74 Å². The van der Waals surface area contributed by atoms with Crippen LogP contribution in [0.1, 0.15) is 37.0 Å². The maximum absolute atomic E-state index is 12.1. The van der Waals surface area contributed by atoms with Gasteiger partial charge in [-0.25, -0.2) is 13.1 Å². The van der Waals surface area contributed by atoms with Gasteiger partial charge in [0.05, 0.1) is 12.2 Å². The number of nitrogens with one attached hydrogen (secondary N) is 1. The Labute approximate surface area is 122 Å². The van der Waals surface area contributed by atoms with Gasteiger partial charge in [-0.1, -0.05) is 13.3 Å². The van der Waals surface area contributed by atoms with Crippen LogP contribution in [0.4, 0.5) is 0 Å². The summed E-state index contributed by atoms with van der Waals surface area (Å²) >= 11 is 1.28.